The molecule has 3 heterocycles. The fourth-order valence-electron chi connectivity index (χ4n) is 3.81. The van der Waals surface area contributed by atoms with Crippen molar-refractivity contribution in [3.8, 4) is 5.00 Å². The molecule has 0 saturated heterocycles. The van der Waals surface area contributed by atoms with Crippen molar-refractivity contribution in [2.45, 2.75) is 32.9 Å². The quantitative estimate of drug-likeness (QED) is 0.510. The summed E-state index contributed by atoms with van der Waals surface area (Å²) in [4.78, 5) is 16.5. The van der Waals surface area contributed by atoms with Crippen LogP contribution in [0.2, 0.25) is 0 Å². The Morgan fingerprint density at radius 3 is 2.66 bits per heavy atom. The number of urea groups is 1. The molecule has 0 saturated carbocycles. The average Bonchev–Trinajstić information content (AvgIpc) is 3.36. The van der Waals surface area contributed by atoms with Crippen molar-refractivity contribution in [2.24, 2.45) is 0 Å². The van der Waals surface area contributed by atoms with Gasteiger partial charge in [-0.1, -0.05) is 22.9 Å². The van der Waals surface area contributed by atoms with Gasteiger partial charge in [0.15, 0.2) is 0 Å². The van der Waals surface area contributed by atoms with Crippen LogP contribution in [0.25, 0.3) is 5.00 Å². The molecule has 1 aliphatic rings. The predicted octanol–water partition coefficient (Wildman–Crippen LogP) is 5.56. The first-order valence-corrected chi connectivity index (χ1v) is 11.5. The van der Waals surface area contributed by atoms with Crippen LogP contribution in [-0.2, 0) is 13.0 Å². The molecule has 0 fully saturated rings. The molecule has 4 rings (SSSR count). The molecule has 2 aromatic heterocycles. The second kappa shape index (κ2) is 8.73. The van der Waals surface area contributed by atoms with Gasteiger partial charge in [0, 0.05) is 46.1 Å². The number of aromatic nitrogens is 1. The molecule has 7 heteroatoms. The van der Waals surface area contributed by atoms with E-state index in [-0.39, 0.29) is 12.1 Å². The number of halogens is 1. The molecule has 2 amide bonds. The van der Waals surface area contributed by atoms with Gasteiger partial charge in [0.05, 0.1) is 6.04 Å². The van der Waals surface area contributed by atoms with E-state index in [1.165, 1.54) is 21.0 Å². The van der Waals surface area contributed by atoms with E-state index in [0.29, 0.717) is 0 Å². The highest BCUT2D eigenvalue weighted by atomic mass is 79.9. The Bertz CT molecular complexity index is 981. The molecule has 3 aromatic rings. The van der Waals surface area contributed by atoms with Crippen molar-refractivity contribution in [1.82, 2.24) is 14.8 Å². The number of carbonyl (C=O) groups is 1. The van der Waals surface area contributed by atoms with E-state index < -0.39 is 0 Å². The van der Waals surface area contributed by atoms with Gasteiger partial charge in [-0.25, -0.2) is 4.79 Å². The van der Waals surface area contributed by atoms with Crippen LogP contribution in [0.1, 0.15) is 35.9 Å². The first-order valence-electron chi connectivity index (χ1n) is 9.88. The molecule has 152 valence electrons. The Kier molecular flexibility index (Phi) is 6.08. The van der Waals surface area contributed by atoms with Crippen LogP contribution in [0, 0.1) is 0 Å². The lowest BCUT2D eigenvalue weighted by molar-refractivity contribution is 0.249. The molecule has 5 nitrogen and oxygen atoms in total. The van der Waals surface area contributed by atoms with Gasteiger partial charge in [-0.3, -0.25) is 4.90 Å². The summed E-state index contributed by atoms with van der Waals surface area (Å²) in [7, 11) is 0. The Morgan fingerprint density at radius 2 is 1.97 bits per heavy atom. The van der Waals surface area contributed by atoms with Crippen LogP contribution in [-0.4, -0.2) is 28.6 Å². The minimum absolute atomic E-state index is 0.0870. The smallest absolute Gasteiger partial charge is 0.319 e. The number of hydrogen-bond donors (Lipinski definition) is 2. The largest absolute Gasteiger partial charge is 0.331 e. The summed E-state index contributed by atoms with van der Waals surface area (Å²) in [6.07, 6.45) is 5.18. The Labute approximate surface area is 183 Å². The number of likely N-dealkylation sites (N-methyl/N-ethyl adjacent to an activating group) is 1. The highest BCUT2D eigenvalue weighted by Crippen LogP contribution is 2.39. The van der Waals surface area contributed by atoms with Crippen molar-refractivity contribution >= 4 is 39.0 Å². The van der Waals surface area contributed by atoms with Gasteiger partial charge in [0.25, 0.3) is 0 Å². The van der Waals surface area contributed by atoms with Crippen LogP contribution in [0.3, 0.4) is 0 Å². The summed E-state index contributed by atoms with van der Waals surface area (Å²) in [5, 5.41) is 7.27. The molecule has 29 heavy (non-hydrogen) atoms. The molecular weight excluding hydrogens is 448 g/mol. The normalized spacial score (nSPS) is 15.0. The maximum atomic E-state index is 12.6. The molecule has 0 aliphatic carbocycles. The van der Waals surface area contributed by atoms with Gasteiger partial charge in [-0.05, 0) is 61.9 Å². The highest BCUT2D eigenvalue weighted by molar-refractivity contribution is 9.10. The summed E-state index contributed by atoms with van der Waals surface area (Å²) in [6, 6.07) is 11.4. The zero-order valence-electron chi connectivity index (χ0n) is 16.6. The van der Waals surface area contributed by atoms with Gasteiger partial charge < -0.3 is 15.2 Å². The molecular formula is C22H25BrN4OS. The van der Waals surface area contributed by atoms with E-state index in [1.807, 2.05) is 47.7 Å². The van der Waals surface area contributed by atoms with Crippen LogP contribution < -0.4 is 10.6 Å². The van der Waals surface area contributed by atoms with E-state index >= 15 is 0 Å². The fraction of sp³-hybridized carbons (Fsp3) is 0.318. The van der Waals surface area contributed by atoms with E-state index in [2.05, 4.69) is 62.3 Å². The average molecular weight is 473 g/mol. The SMILES string of the molecule is CCN1CCc2c(sc(-n3cccc3)c2[C@H](C)NC(=O)Nc2ccc(Br)cc2)C1. The van der Waals surface area contributed by atoms with Crippen LogP contribution in [0.5, 0.6) is 0 Å². The summed E-state index contributed by atoms with van der Waals surface area (Å²) in [5.74, 6) is 0. The van der Waals surface area contributed by atoms with E-state index in [4.69, 9.17) is 0 Å². The second-order valence-electron chi connectivity index (χ2n) is 7.26. The van der Waals surface area contributed by atoms with Crippen molar-refractivity contribution in [3.63, 3.8) is 0 Å². The first kappa shape index (κ1) is 20.2. The molecule has 0 bridgehead atoms. The third-order valence-corrected chi connectivity index (χ3v) is 7.10. The van der Waals surface area contributed by atoms with Crippen molar-refractivity contribution in [2.75, 3.05) is 18.4 Å². The first-order chi connectivity index (χ1) is 14.0. The zero-order valence-corrected chi connectivity index (χ0v) is 19.0. The summed E-state index contributed by atoms with van der Waals surface area (Å²) in [6.45, 7) is 7.40. The molecule has 1 aliphatic heterocycles. The predicted molar refractivity (Wildman–Crippen MR) is 123 cm³/mol. The number of carbonyl (C=O) groups excluding carboxylic acids is 1. The number of amides is 2. The number of thiophene rings is 1. The number of fused-ring (bicyclic) bond motifs is 1. The van der Waals surface area contributed by atoms with Gasteiger partial charge >= 0.3 is 6.03 Å². The number of nitrogens with zero attached hydrogens (tertiary/aromatic N) is 2. The third-order valence-electron chi connectivity index (χ3n) is 5.33. The van der Waals surface area contributed by atoms with Gasteiger partial charge in [-0.2, -0.15) is 0 Å². The topological polar surface area (TPSA) is 49.3 Å². The number of rotatable bonds is 5. The van der Waals surface area contributed by atoms with Crippen LogP contribution in [0.4, 0.5) is 10.5 Å². The van der Waals surface area contributed by atoms with Gasteiger partial charge in [0.1, 0.15) is 5.00 Å². The monoisotopic (exact) mass is 472 g/mol. The number of benzene rings is 1. The molecule has 1 atom stereocenters. The van der Waals surface area contributed by atoms with Crippen LogP contribution >= 0.6 is 27.3 Å². The van der Waals surface area contributed by atoms with Crippen molar-refractivity contribution in [3.05, 3.63) is 69.3 Å². The van der Waals surface area contributed by atoms with Crippen LogP contribution in [0.15, 0.2) is 53.3 Å². The lowest BCUT2D eigenvalue weighted by Crippen LogP contribution is -2.33. The fourth-order valence-corrected chi connectivity index (χ4v) is 5.53. The van der Waals surface area contributed by atoms with Crippen molar-refractivity contribution in [1.29, 1.82) is 0 Å². The summed E-state index contributed by atoms with van der Waals surface area (Å²) in [5.41, 5.74) is 3.41. The van der Waals surface area contributed by atoms with Gasteiger partial charge in [-0.15, -0.1) is 11.3 Å². The maximum absolute atomic E-state index is 12.6. The lowest BCUT2D eigenvalue weighted by Gasteiger charge is -2.26. The number of anilines is 1. The minimum Gasteiger partial charge on any atom is -0.331 e. The zero-order chi connectivity index (χ0) is 20.4. The highest BCUT2D eigenvalue weighted by Gasteiger charge is 2.27. The van der Waals surface area contributed by atoms with E-state index in [1.54, 1.807) is 0 Å². The maximum Gasteiger partial charge on any atom is 0.319 e. The molecule has 0 radical (unpaired) electrons. The molecule has 2 N–H and O–H groups in total. The lowest BCUT2D eigenvalue weighted by atomic mass is 9.98. The summed E-state index contributed by atoms with van der Waals surface area (Å²) >= 11 is 5.26. The minimum atomic E-state index is -0.191. The van der Waals surface area contributed by atoms with E-state index in [0.717, 1.165) is 36.2 Å². The molecule has 1 aromatic carbocycles. The Morgan fingerprint density at radius 1 is 1.24 bits per heavy atom. The second-order valence-corrected chi connectivity index (χ2v) is 9.26. The van der Waals surface area contributed by atoms with Gasteiger partial charge in [0.2, 0.25) is 0 Å². The third kappa shape index (κ3) is 4.42. The summed E-state index contributed by atoms with van der Waals surface area (Å²) < 4.78 is 3.15. The molecule has 0 spiro atoms. The standard InChI is InChI=1S/C22H25BrN4OS/c1-3-26-13-10-18-19(14-26)29-21(27-11-4-5-12-27)20(18)15(2)24-22(28)25-17-8-6-16(23)7-9-17/h4-9,11-12,15H,3,10,13-14H2,1-2H3,(H2,24,25,28)/t15-/m0/s1. The number of nitrogens with one attached hydrogen (secondary N) is 2. The van der Waals surface area contributed by atoms with Crippen molar-refractivity contribution < 1.29 is 4.79 Å². The Balaban J connectivity index is 1.58. The number of hydrogen-bond acceptors (Lipinski definition) is 3. The van der Waals surface area contributed by atoms with E-state index in [9.17, 15) is 4.79 Å². The Hall–Kier alpha value is -2.09. The molecule has 0 unspecified atom stereocenters.